The average Bonchev–Trinajstić information content (AvgIpc) is 1.98. The van der Waals surface area contributed by atoms with E-state index in [2.05, 4.69) is 17.7 Å². The summed E-state index contributed by atoms with van der Waals surface area (Å²) in [5, 5.41) is 4.04. The fourth-order valence-electron chi connectivity index (χ4n) is 1.01. The molecule has 0 unspecified atom stereocenters. The van der Waals surface area contributed by atoms with Crippen molar-refractivity contribution in [3.8, 4) is 0 Å². The van der Waals surface area contributed by atoms with Crippen molar-refractivity contribution in [2.45, 2.75) is 38.1 Å². The van der Waals surface area contributed by atoms with Gasteiger partial charge in [0.25, 0.3) is 5.56 Å². The summed E-state index contributed by atoms with van der Waals surface area (Å²) in [4.78, 5) is 12.3. The number of nitrogens with zero attached hydrogens (tertiary/aromatic N) is 2. The van der Waals surface area contributed by atoms with Crippen molar-refractivity contribution >= 4 is 12.6 Å². The molecule has 3 nitrogen and oxygen atoms in total. The number of thiol groups is 1. The van der Waals surface area contributed by atoms with Crippen LogP contribution >= 0.6 is 12.6 Å². The van der Waals surface area contributed by atoms with E-state index < -0.39 is 0 Å². The zero-order valence-corrected chi connectivity index (χ0v) is 9.22. The molecule has 0 atom stereocenters. The molecule has 72 valence electrons. The number of hydrogen-bond donors (Lipinski definition) is 1. The first-order chi connectivity index (χ1) is 5.84. The van der Waals surface area contributed by atoms with Gasteiger partial charge in [0.1, 0.15) is 0 Å². The van der Waals surface area contributed by atoms with E-state index in [-0.39, 0.29) is 11.1 Å². The fourth-order valence-corrected chi connectivity index (χ4v) is 1.16. The predicted molar refractivity (Wildman–Crippen MR) is 55.5 cm³/mol. The van der Waals surface area contributed by atoms with Crippen molar-refractivity contribution in [1.82, 2.24) is 9.78 Å². The molecule has 0 saturated heterocycles. The van der Waals surface area contributed by atoms with Crippen LogP contribution in [0, 0.1) is 6.92 Å². The summed E-state index contributed by atoms with van der Waals surface area (Å²) in [5.74, 6) is 0. The standard InChI is InChI=1S/C9H14N2OS/c1-6-7(13)5-10-11(8(6)12)9(2,3)4/h5,13H,1-4H3. The summed E-state index contributed by atoms with van der Waals surface area (Å²) in [6.45, 7) is 7.59. The van der Waals surface area contributed by atoms with E-state index in [9.17, 15) is 4.79 Å². The second kappa shape index (κ2) is 3.18. The van der Waals surface area contributed by atoms with Gasteiger partial charge < -0.3 is 0 Å². The maximum absolute atomic E-state index is 11.7. The zero-order valence-electron chi connectivity index (χ0n) is 8.33. The van der Waals surface area contributed by atoms with Crippen LogP contribution in [-0.2, 0) is 5.54 Å². The Kier molecular flexibility index (Phi) is 2.52. The molecule has 1 rings (SSSR count). The van der Waals surface area contributed by atoms with Crippen molar-refractivity contribution in [3.05, 3.63) is 22.1 Å². The Hall–Kier alpha value is -0.770. The second-order valence-corrected chi connectivity index (χ2v) is 4.52. The smallest absolute Gasteiger partial charge is 0.267 e. The molecule has 4 heteroatoms. The number of rotatable bonds is 0. The lowest BCUT2D eigenvalue weighted by molar-refractivity contribution is 0.334. The molecule has 13 heavy (non-hydrogen) atoms. The summed E-state index contributed by atoms with van der Waals surface area (Å²) in [5.41, 5.74) is 0.303. The van der Waals surface area contributed by atoms with Gasteiger partial charge >= 0.3 is 0 Å². The molecule has 0 aliphatic carbocycles. The first kappa shape index (κ1) is 10.3. The molecule has 0 aromatic carbocycles. The van der Waals surface area contributed by atoms with Crippen LogP contribution in [0.5, 0.6) is 0 Å². The molecule has 0 amide bonds. The molecule has 0 aliphatic heterocycles. The van der Waals surface area contributed by atoms with Crippen LogP contribution in [0.4, 0.5) is 0 Å². The van der Waals surface area contributed by atoms with E-state index in [4.69, 9.17) is 0 Å². The summed E-state index contributed by atoms with van der Waals surface area (Å²) >= 11 is 4.13. The van der Waals surface area contributed by atoms with Crippen LogP contribution in [-0.4, -0.2) is 9.78 Å². The van der Waals surface area contributed by atoms with E-state index in [1.165, 1.54) is 4.68 Å². The third-order valence-electron chi connectivity index (χ3n) is 1.83. The molecule has 0 N–H and O–H groups in total. The van der Waals surface area contributed by atoms with Gasteiger partial charge in [-0.1, -0.05) is 0 Å². The minimum absolute atomic E-state index is 0.0694. The molecule has 0 bridgehead atoms. The van der Waals surface area contributed by atoms with E-state index in [1.54, 1.807) is 13.1 Å². The van der Waals surface area contributed by atoms with Crippen molar-refractivity contribution in [1.29, 1.82) is 0 Å². The molecule has 0 spiro atoms. The quantitative estimate of drug-likeness (QED) is 0.643. The number of aromatic nitrogens is 2. The SMILES string of the molecule is Cc1c(S)cnn(C(C)(C)C)c1=O. The minimum Gasteiger partial charge on any atom is -0.267 e. The van der Waals surface area contributed by atoms with Gasteiger partial charge in [0.15, 0.2) is 0 Å². The highest BCUT2D eigenvalue weighted by molar-refractivity contribution is 7.80. The van der Waals surface area contributed by atoms with Gasteiger partial charge in [-0.25, -0.2) is 4.68 Å². The second-order valence-electron chi connectivity index (χ2n) is 4.04. The first-order valence-corrected chi connectivity index (χ1v) is 4.57. The van der Waals surface area contributed by atoms with Crippen molar-refractivity contribution in [3.63, 3.8) is 0 Å². The molecule has 1 aromatic rings. The molecule has 1 heterocycles. The molecule has 0 fully saturated rings. The summed E-state index contributed by atoms with van der Waals surface area (Å²) < 4.78 is 1.47. The summed E-state index contributed by atoms with van der Waals surface area (Å²) in [6.07, 6.45) is 1.60. The van der Waals surface area contributed by atoms with Crippen molar-refractivity contribution < 1.29 is 0 Å². The van der Waals surface area contributed by atoms with Crippen molar-refractivity contribution in [2.75, 3.05) is 0 Å². The first-order valence-electron chi connectivity index (χ1n) is 4.12. The molecule has 0 saturated carbocycles. The van der Waals surface area contributed by atoms with E-state index in [0.717, 1.165) is 0 Å². The molecular weight excluding hydrogens is 184 g/mol. The topological polar surface area (TPSA) is 34.9 Å². The van der Waals surface area contributed by atoms with Gasteiger partial charge in [-0.05, 0) is 27.7 Å². The molecular formula is C9H14N2OS. The normalized spacial score (nSPS) is 11.8. The third-order valence-corrected chi connectivity index (χ3v) is 2.28. The zero-order chi connectivity index (χ0) is 10.2. The van der Waals surface area contributed by atoms with Gasteiger partial charge in [0.05, 0.1) is 11.7 Å². The maximum Gasteiger partial charge on any atom is 0.271 e. The van der Waals surface area contributed by atoms with Crippen LogP contribution < -0.4 is 5.56 Å². The lowest BCUT2D eigenvalue weighted by Gasteiger charge is -2.20. The van der Waals surface area contributed by atoms with Crippen LogP contribution in [0.25, 0.3) is 0 Å². The molecule has 0 radical (unpaired) electrons. The average molecular weight is 198 g/mol. The van der Waals surface area contributed by atoms with E-state index >= 15 is 0 Å². The number of hydrogen-bond acceptors (Lipinski definition) is 3. The van der Waals surface area contributed by atoms with Gasteiger partial charge in [-0.15, -0.1) is 12.6 Å². The van der Waals surface area contributed by atoms with Crippen LogP contribution in [0.15, 0.2) is 15.9 Å². The van der Waals surface area contributed by atoms with Crippen LogP contribution in [0.1, 0.15) is 26.3 Å². The van der Waals surface area contributed by atoms with Gasteiger partial charge in [-0.2, -0.15) is 5.10 Å². The van der Waals surface area contributed by atoms with Crippen molar-refractivity contribution in [2.24, 2.45) is 0 Å². The summed E-state index contributed by atoms with van der Waals surface area (Å²) in [6, 6.07) is 0. The van der Waals surface area contributed by atoms with Crippen LogP contribution in [0.2, 0.25) is 0 Å². The Bertz CT molecular complexity index is 376. The van der Waals surface area contributed by atoms with Gasteiger partial charge in [-0.3, -0.25) is 4.79 Å². The highest BCUT2D eigenvalue weighted by Crippen LogP contribution is 2.11. The highest BCUT2D eigenvalue weighted by Gasteiger charge is 2.17. The lowest BCUT2D eigenvalue weighted by Crippen LogP contribution is -2.37. The Morgan fingerprint density at radius 1 is 1.46 bits per heavy atom. The monoisotopic (exact) mass is 198 g/mol. The summed E-state index contributed by atoms with van der Waals surface area (Å²) in [7, 11) is 0. The van der Waals surface area contributed by atoms with Crippen LogP contribution in [0.3, 0.4) is 0 Å². The minimum atomic E-state index is -0.274. The molecule has 0 aliphatic rings. The van der Waals surface area contributed by atoms with Gasteiger partial charge in [0.2, 0.25) is 0 Å². The molecule has 1 aromatic heterocycles. The van der Waals surface area contributed by atoms with Gasteiger partial charge in [0, 0.05) is 10.5 Å². The fraction of sp³-hybridized carbons (Fsp3) is 0.556. The Morgan fingerprint density at radius 2 is 2.00 bits per heavy atom. The van der Waals surface area contributed by atoms with E-state index in [0.29, 0.717) is 10.5 Å². The van der Waals surface area contributed by atoms with E-state index in [1.807, 2.05) is 20.8 Å². The lowest BCUT2D eigenvalue weighted by atomic mass is 10.1. The largest absolute Gasteiger partial charge is 0.271 e. The Morgan fingerprint density at radius 3 is 2.46 bits per heavy atom. The maximum atomic E-state index is 11.7. The predicted octanol–water partition coefficient (Wildman–Crippen LogP) is 1.60. The third kappa shape index (κ3) is 1.94. The Balaban J connectivity index is 3.44. The Labute approximate surface area is 83.2 Å². The highest BCUT2D eigenvalue weighted by atomic mass is 32.1.